The Labute approximate surface area is 178 Å². The van der Waals surface area contributed by atoms with Crippen LogP contribution in [-0.2, 0) is 11.5 Å². The zero-order valence-electron chi connectivity index (χ0n) is 16.4. The van der Waals surface area contributed by atoms with E-state index in [1.165, 1.54) is 11.3 Å². The molecular weight excluding hydrogens is 408 g/mol. The van der Waals surface area contributed by atoms with Gasteiger partial charge in [0.15, 0.2) is 5.13 Å². The van der Waals surface area contributed by atoms with Crippen LogP contribution in [0.15, 0.2) is 47.8 Å². The van der Waals surface area contributed by atoms with Crippen LogP contribution in [0.2, 0.25) is 0 Å². The van der Waals surface area contributed by atoms with Gasteiger partial charge in [0, 0.05) is 23.0 Å². The lowest BCUT2D eigenvalue weighted by atomic mass is 10.2. The molecule has 0 aliphatic rings. The first kappa shape index (κ1) is 21.0. The van der Waals surface area contributed by atoms with E-state index in [-0.39, 0.29) is 5.91 Å². The molecule has 0 saturated carbocycles. The number of aromatic nitrogens is 1. The largest absolute Gasteiger partial charge is 0.497 e. The highest BCUT2D eigenvalue weighted by molar-refractivity contribution is 7.97. The van der Waals surface area contributed by atoms with Crippen molar-refractivity contribution < 1.29 is 19.0 Å². The molecule has 0 unspecified atom stereocenters. The molecule has 0 aliphatic heterocycles. The van der Waals surface area contributed by atoms with E-state index in [1.54, 1.807) is 51.3 Å². The molecule has 8 heteroatoms. The van der Waals surface area contributed by atoms with Crippen LogP contribution in [0.4, 0.5) is 5.13 Å². The van der Waals surface area contributed by atoms with Crippen molar-refractivity contribution in [3.63, 3.8) is 0 Å². The standard InChI is InChI=1S/C21H22N2O4S2/c1-25-16-8-14(9-17(10-16)26-2)11-28-12-15-13-29-21(22-15)23-20(24)18-6-4-5-7-19(18)27-3/h4-10,13H,11-12H2,1-3H3,(H,22,23,24). The van der Waals surface area contributed by atoms with Gasteiger partial charge in [-0.1, -0.05) is 12.1 Å². The van der Waals surface area contributed by atoms with Crippen LogP contribution in [0, 0.1) is 0 Å². The van der Waals surface area contributed by atoms with E-state index in [4.69, 9.17) is 14.2 Å². The van der Waals surface area contributed by atoms with E-state index in [9.17, 15) is 4.79 Å². The Morgan fingerprint density at radius 2 is 1.76 bits per heavy atom. The van der Waals surface area contributed by atoms with Crippen LogP contribution in [0.25, 0.3) is 0 Å². The van der Waals surface area contributed by atoms with Crippen LogP contribution >= 0.6 is 23.1 Å². The Bertz CT molecular complexity index is 953. The number of nitrogens with zero attached hydrogens (tertiary/aromatic N) is 1. The number of para-hydroxylation sites is 1. The molecule has 0 spiro atoms. The molecule has 0 aliphatic carbocycles. The molecule has 1 aromatic heterocycles. The third-order valence-corrected chi connectivity index (χ3v) is 5.90. The maximum absolute atomic E-state index is 12.5. The summed E-state index contributed by atoms with van der Waals surface area (Å²) in [5.41, 5.74) is 2.52. The summed E-state index contributed by atoms with van der Waals surface area (Å²) in [6.07, 6.45) is 0. The van der Waals surface area contributed by atoms with Gasteiger partial charge in [0.2, 0.25) is 0 Å². The molecule has 3 rings (SSSR count). The highest BCUT2D eigenvalue weighted by Crippen LogP contribution is 2.27. The van der Waals surface area contributed by atoms with E-state index in [0.717, 1.165) is 34.3 Å². The van der Waals surface area contributed by atoms with E-state index in [1.807, 2.05) is 29.6 Å². The lowest BCUT2D eigenvalue weighted by molar-refractivity contribution is 0.102. The molecule has 2 aromatic carbocycles. The Kier molecular flexibility index (Phi) is 7.37. The zero-order chi connectivity index (χ0) is 20.6. The number of carbonyl (C=O) groups excluding carboxylic acids is 1. The maximum Gasteiger partial charge on any atom is 0.261 e. The number of nitrogens with one attached hydrogen (secondary N) is 1. The number of benzene rings is 2. The predicted molar refractivity (Wildman–Crippen MR) is 118 cm³/mol. The van der Waals surface area contributed by atoms with Crippen molar-refractivity contribution in [1.82, 2.24) is 4.98 Å². The molecule has 1 amide bonds. The number of rotatable bonds is 9. The summed E-state index contributed by atoms with van der Waals surface area (Å²) in [6.45, 7) is 0. The first-order valence-electron chi connectivity index (χ1n) is 8.81. The Morgan fingerprint density at radius 3 is 2.45 bits per heavy atom. The number of thiazole rings is 1. The molecule has 0 bridgehead atoms. The normalized spacial score (nSPS) is 10.4. The SMILES string of the molecule is COc1cc(CSCc2csc(NC(=O)c3ccccc3OC)n2)cc(OC)c1. The fourth-order valence-corrected chi connectivity index (χ4v) is 4.32. The summed E-state index contributed by atoms with van der Waals surface area (Å²) in [5, 5.41) is 5.36. The van der Waals surface area contributed by atoms with Crippen LogP contribution < -0.4 is 19.5 Å². The number of hydrogen-bond donors (Lipinski definition) is 1. The van der Waals surface area contributed by atoms with Gasteiger partial charge in [-0.15, -0.1) is 11.3 Å². The Morgan fingerprint density at radius 1 is 1.03 bits per heavy atom. The predicted octanol–water partition coefficient (Wildman–Crippen LogP) is 4.85. The van der Waals surface area contributed by atoms with Gasteiger partial charge >= 0.3 is 0 Å². The number of thioether (sulfide) groups is 1. The van der Waals surface area contributed by atoms with Crippen LogP contribution in [0.1, 0.15) is 21.6 Å². The molecule has 0 saturated heterocycles. The quantitative estimate of drug-likeness (QED) is 0.523. The number of methoxy groups -OCH3 is 3. The van der Waals surface area contributed by atoms with Crippen LogP contribution in [0.5, 0.6) is 17.2 Å². The van der Waals surface area contributed by atoms with Gasteiger partial charge in [-0.25, -0.2) is 4.98 Å². The van der Waals surface area contributed by atoms with Crippen molar-refractivity contribution in [1.29, 1.82) is 0 Å². The summed E-state index contributed by atoms with van der Waals surface area (Å²) < 4.78 is 15.9. The summed E-state index contributed by atoms with van der Waals surface area (Å²) >= 11 is 3.14. The fraction of sp³-hybridized carbons (Fsp3) is 0.238. The maximum atomic E-state index is 12.5. The molecule has 3 aromatic rings. The first-order valence-corrected chi connectivity index (χ1v) is 10.8. The van der Waals surface area contributed by atoms with Crippen molar-refractivity contribution in [3.8, 4) is 17.2 Å². The lowest BCUT2D eigenvalue weighted by Crippen LogP contribution is -2.12. The van der Waals surface area contributed by atoms with Gasteiger partial charge in [-0.05, 0) is 29.8 Å². The zero-order valence-corrected chi connectivity index (χ0v) is 18.1. The second-order valence-electron chi connectivity index (χ2n) is 6.01. The number of carbonyl (C=O) groups is 1. The summed E-state index contributed by atoms with van der Waals surface area (Å²) in [7, 11) is 4.83. The van der Waals surface area contributed by atoms with E-state index in [2.05, 4.69) is 10.3 Å². The second kappa shape index (κ2) is 10.2. The van der Waals surface area contributed by atoms with Gasteiger partial charge in [0.25, 0.3) is 5.91 Å². The van der Waals surface area contributed by atoms with Crippen LogP contribution in [0.3, 0.4) is 0 Å². The van der Waals surface area contributed by atoms with Crippen LogP contribution in [-0.4, -0.2) is 32.2 Å². The van der Waals surface area contributed by atoms with Gasteiger partial charge in [-0.2, -0.15) is 11.8 Å². The fourth-order valence-electron chi connectivity index (χ4n) is 2.65. The number of anilines is 1. The molecule has 152 valence electrons. The van der Waals surface area contributed by atoms with Gasteiger partial charge < -0.3 is 14.2 Å². The Balaban J connectivity index is 1.56. The molecule has 29 heavy (non-hydrogen) atoms. The number of ether oxygens (including phenoxy) is 3. The van der Waals surface area contributed by atoms with E-state index in [0.29, 0.717) is 16.4 Å². The minimum absolute atomic E-state index is 0.237. The smallest absolute Gasteiger partial charge is 0.261 e. The van der Waals surface area contributed by atoms with Crippen molar-refractivity contribution in [2.45, 2.75) is 11.5 Å². The summed E-state index contributed by atoms with van der Waals surface area (Å²) in [6, 6.07) is 12.9. The van der Waals surface area contributed by atoms with Crippen molar-refractivity contribution >= 4 is 34.1 Å². The van der Waals surface area contributed by atoms with E-state index < -0.39 is 0 Å². The average Bonchev–Trinajstić information content (AvgIpc) is 3.20. The van der Waals surface area contributed by atoms with Gasteiger partial charge in [-0.3, -0.25) is 10.1 Å². The minimum Gasteiger partial charge on any atom is -0.497 e. The molecular formula is C21H22N2O4S2. The van der Waals surface area contributed by atoms with Crippen molar-refractivity contribution in [3.05, 3.63) is 64.7 Å². The molecule has 1 N–H and O–H groups in total. The highest BCUT2D eigenvalue weighted by atomic mass is 32.2. The third kappa shape index (κ3) is 5.65. The molecule has 0 atom stereocenters. The molecule has 1 heterocycles. The van der Waals surface area contributed by atoms with Crippen molar-refractivity contribution in [2.75, 3.05) is 26.6 Å². The third-order valence-electron chi connectivity index (χ3n) is 4.05. The average molecular weight is 431 g/mol. The second-order valence-corrected chi connectivity index (χ2v) is 7.86. The summed E-state index contributed by atoms with van der Waals surface area (Å²) in [5.74, 6) is 3.38. The summed E-state index contributed by atoms with van der Waals surface area (Å²) in [4.78, 5) is 17.0. The number of amides is 1. The first-order chi connectivity index (χ1) is 14.1. The monoisotopic (exact) mass is 430 g/mol. The Hall–Kier alpha value is -2.71. The van der Waals surface area contributed by atoms with Crippen molar-refractivity contribution in [2.24, 2.45) is 0 Å². The topological polar surface area (TPSA) is 69.7 Å². The molecule has 0 radical (unpaired) electrons. The highest BCUT2D eigenvalue weighted by Gasteiger charge is 2.13. The number of hydrogen-bond acceptors (Lipinski definition) is 7. The molecule has 6 nitrogen and oxygen atoms in total. The van der Waals surface area contributed by atoms with E-state index >= 15 is 0 Å². The molecule has 0 fully saturated rings. The minimum atomic E-state index is -0.237. The lowest BCUT2D eigenvalue weighted by Gasteiger charge is -2.08. The van der Waals surface area contributed by atoms with Gasteiger partial charge in [0.05, 0.1) is 32.6 Å². The van der Waals surface area contributed by atoms with Gasteiger partial charge in [0.1, 0.15) is 17.2 Å².